The lowest BCUT2D eigenvalue weighted by molar-refractivity contribution is -0.129. The molecule has 1 aliphatic carbocycles. The molecule has 1 saturated carbocycles. The van der Waals surface area contributed by atoms with Gasteiger partial charge in [-0.2, -0.15) is 0 Å². The van der Waals surface area contributed by atoms with Gasteiger partial charge in [0.25, 0.3) is 5.91 Å². The van der Waals surface area contributed by atoms with E-state index in [4.69, 9.17) is 13.9 Å². The topological polar surface area (TPSA) is 77.8 Å². The van der Waals surface area contributed by atoms with Gasteiger partial charge in [0.2, 0.25) is 5.76 Å². The molecule has 0 saturated heterocycles. The highest BCUT2D eigenvalue weighted by Crippen LogP contribution is 2.27. The molecule has 1 atom stereocenters. The van der Waals surface area contributed by atoms with Crippen LogP contribution >= 0.6 is 0 Å². The van der Waals surface area contributed by atoms with E-state index in [1.54, 1.807) is 20.1 Å². The largest absolute Gasteiger partial charge is 0.449 e. The van der Waals surface area contributed by atoms with Crippen molar-refractivity contribution in [2.45, 2.75) is 38.5 Å². The summed E-state index contributed by atoms with van der Waals surface area (Å²) >= 11 is 0. The van der Waals surface area contributed by atoms with Crippen molar-refractivity contribution in [3.05, 3.63) is 35.6 Å². The highest BCUT2D eigenvalue weighted by molar-refractivity contribution is 5.97. The SMILES string of the molecule is COCc1c(C(=O)O[C@@H](C)C(=O)NC2CC2)oc2ccccc12. The lowest BCUT2D eigenvalue weighted by atomic mass is 10.1. The maximum Gasteiger partial charge on any atom is 0.375 e. The van der Waals surface area contributed by atoms with E-state index in [-0.39, 0.29) is 24.3 Å². The van der Waals surface area contributed by atoms with Gasteiger partial charge in [-0.15, -0.1) is 0 Å². The Morgan fingerprint density at radius 1 is 1.35 bits per heavy atom. The van der Waals surface area contributed by atoms with Crippen molar-refractivity contribution < 1.29 is 23.5 Å². The van der Waals surface area contributed by atoms with Crippen molar-refractivity contribution in [1.82, 2.24) is 5.32 Å². The van der Waals surface area contributed by atoms with Crippen LogP contribution in [0.1, 0.15) is 35.9 Å². The molecule has 0 spiro atoms. The second kappa shape index (κ2) is 6.42. The zero-order valence-corrected chi connectivity index (χ0v) is 13.1. The van der Waals surface area contributed by atoms with Gasteiger partial charge >= 0.3 is 5.97 Å². The summed E-state index contributed by atoms with van der Waals surface area (Å²) in [6, 6.07) is 7.53. The first kappa shape index (κ1) is 15.6. The molecule has 1 fully saturated rings. The van der Waals surface area contributed by atoms with Crippen LogP contribution in [0.4, 0.5) is 0 Å². The lowest BCUT2D eigenvalue weighted by Crippen LogP contribution is -2.37. The summed E-state index contributed by atoms with van der Waals surface area (Å²) in [5.74, 6) is -0.865. The second-order valence-electron chi connectivity index (χ2n) is 5.67. The molecule has 1 heterocycles. The molecule has 1 aliphatic rings. The number of carbonyl (C=O) groups is 2. The van der Waals surface area contributed by atoms with Crippen LogP contribution < -0.4 is 5.32 Å². The number of furan rings is 1. The number of para-hydroxylation sites is 1. The standard InChI is InChI=1S/C17H19NO5/c1-10(16(19)18-11-7-8-11)22-17(20)15-13(9-21-2)12-5-3-4-6-14(12)23-15/h3-6,10-11H,7-9H2,1-2H3,(H,18,19)/t10-/m0/s1. The number of methoxy groups -OCH3 is 1. The normalized spacial score (nSPS) is 15.4. The zero-order chi connectivity index (χ0) is 16.4. The van der Waals surface area contributed by atoms with Gasteiger partial charge in [0.05, 0.1) is 6.61 Å². The summed E-state index contributed by atoms with van der Waals surface area (Å²) < 4.78 is 16.0. The van der Waals surface area contributed by atoms with Gasteiger partial charge in [-0.25, -0.2) is 4.79 Å². The predicted molar refractivity (Wildman–Crippen MR) is 83.0 cm³/mol. The number of amides is 1. The van der Waals surface area contributed by atoms with Gasteiger partial charge in [0.15, 0.2) is 6.10 Å². The van der Waals surface area contributed by atoms with E-state index >= 15 is 0 Å². The zero-order valence-electron chi connectivity index (χ0n) is 13.1. The first-order valence-corrected chi connectivity index (χ1v) is 7.61. The second-order valence-corrected chi connectivity index (χ2v) is 5.67. The average Bonchev–Trinajstić information content (AvgIpc) is 3.27. The Balaban J connectivity index is 1.79. The fourth-order valence-corrected chi connectivity index (χ4v) is 2.37. The van der Waals surface area contributed by atoms with E-state index in [0.29, 0.717) is 11.1 Å². The monoisotopic (exact) mass is 317 g/mol. The number of esters is 1. The third kappa shape index (κ3) is 3.37. The van der Waals surface area contributed by atoms with E-state index in [1.165, 1.54) is 0 Å². The van der Waals surface area contributed by atoms with Crippen molar-refractivity contribution in [3.63, 3.8) is 0 Å². The van der Waals surface area contributed by atoms with Gasteiger partial charge in [-0.05, 0) is 25.8 Å². The molecule has 3 rings (SSSR count). The Morgan fingerprint density at radius 3 is 2.78 bits per heavy atom. The van der Waals surface area contributed by atoms with Crippen LogP contribution in [0.5, 0.6) is 0 Å². The van der Waals surface area contributed by atoms with Crippen LogP contribution in [0.15, 0.2) is 28.7 Å². The molecule has 0 radical (unpaired) electrons. The number of hydrogen-bond donors (Lipinski definition) is 1. The number of nitrogens with one attached hydrogen (secondary N) is 1. The number of rotatable bonds is 6. The Morgan fingerprint density at radius 2 is 2.09 bits per heavy atom. The third-order valence-corrected chi connectivity index (χ3v) is 3.75. The fraction of sp³-hybridized carbons (Fsp3) is 0.412. The molecule has 0 unspecified atom stereocenters. The van der Waals surface area contributed by atoms with E-state index in [9.17, 15) is 9.59 Å². The minimum absolute atomic E-state index is 0.0825. The summed E-state index contributed by atoms with van der Waals surface area (Å²) in [5, 5.41) is 3.61. The number of fused-ring (bicyclic) bond motifs is 1. The van der Waals surface area contributed by atoms with Crippen molar-refractivity contribution in [1.29, 1.82) is 0 Å². The molecular weight excluding hydrogens is 298 g/mol. The van der Waals surface area contributed by atoms with Crippen LogP contribution in [-0.2, 0) is 20.9 Å². The quantitative estimate of drug-likeness (QED) is 0.828. The number of carbonyl (C=O) groups excluding carboxylic acids is 2. The highest BCUT2D eigenvalue weighted by Gasteiger charge is 2.29. The van der Waals surface area contributed by atoms with E-state index in [2.05, 4.69) is 5.32 Å². The highest BCUT2D eigenvalue weighted by atomic mass is 16.6. The Kier molecular flexibility index (Phi) is 4.34. The van der Waals surface area contributed by atoms with Crippen molar-refractivity contribution in [2.75, 3.05) is 7.11 Å². The summed E-state index contributed by atoms with van der Waals surface area (Å²) in [4.78, 5) is 24.3. The first-order chi connectivity index (χ1) is 11.1. The van der Waals surface area contributed by atoms with E-state index in [1.807, 2.05) is 18.2 Å². The molecule has 1 aromatic carbocycles. The van der Waals surface area contributed by atoms with Gasteiger partial charge in [0, 0.05) is 24.1 Å². The minimum atomic E-state index is -0.869. The van der Waals surface area contributed by atoms with Gasteiger partial charge in [-0.1, -0.05) is 18.2 Å². The fourth-order valence-electron chi connectivity index (χ4n) is 2.37. The van der Waals surface area contributed by atoms with Crippen LogP contribution in [0.2, 0.25) is 0 Å². The number of hydrogen-bond acceptors (Lipinski definition) is 5. The van der Waals surface area contributed by atoms with Crippen molar-refractivity contribution in [2.24, 2.45) is 0 Å². The summed E-state index contributed by atoms with van der Waals surface area (Å²) in [6.45, 7) is 1.78. The minimum Gasteiger partial charge on any atom is -0.449 e. The third-order valence-electron chi connectivity index (χ3n) is 3.75. The van der Waals surface area contributed by atoms with Crippen LogP contribution in [0.3, 0.4) is 0 Å². The Hall–Kier alpha value is -2.34. The van der Waals surface area contributed by atoms with Crippen LogP contribution in [-0.4, -0.2) is 31.1 Å². The predicted octanol–water partition coefficient (Wildman–Crippen LogP) is 2.40. The molecule has 1 aromatic heterocycles. The number of ether oxygens (including phenoxy) is 2. The van der Waals surface area contributed by atoms with E-state index < -0.39 is 12.1 Å². The molecule has 0 aliphatic heterocycles. The van der Waals surface area contributed by atoms with Crippen molar-refractivity contribution >= 4 is 22.8 Å². The maximum atomic E-state index is 12.4. The average molecular weight is 317 g/mol. The smallest absolute Gasteiger partial charge is 0.375 e. The molecule has 1 N–H and O–H groups in total. The lowest BCUT2D eigenvalue weighted by Gasteiger charge is -2.12. The maximum absolute atomic E-state index is 12.4. The molecular formula is C17H19NO5. The molecule has 6 nitrogen and oxygen atoms in total. The number of benzene rings is 1. The Labute approximate surface area is 133 Å². The molecule has 2 aromatic rings. The molecule has 122 valence electrons. The van der Waals surface area contributed by atoms with E-state index in [0.717, 1.165) is 18.2 Å². The molecule has 23 heavy (non-hydrogen) atoms. The summed E-state index contributed by atoms with van der Waals surface area (Å²) in [7, 11) is 1.54. The van der Waals surface area contributed by atoms with Gasteiger partial charge in [-0.3, -0.25) is 4.79 Å². The first-order valence-electron chi connectivity index (χ1n) is 7.61. The summed E-state index contributed by atoms with van der Waals surface area (Å²) in [5.41, 5.74) is 1.21. The molecule has 0 bridgehead atoms. The molecule has 1 amide bonds. The molecule has 6 heteroatoms. The van der Waals surface area contributed by atoms with Crippen LogP contribution in [0.25, 0.3) is 11.0 Å². The van der Waals surface area contributed by atoms with Gasteiger partial charge in [0.1, 0.15) is 5.58 Å². The van der Waals surface area contributed by atoms with Crippen molar-refractivity contribution in [3.8, 4) is 0 Å². The Bertz CT molecular complexity index is 732. The van der Waals surface area contributed by atoms with Crippen LogP contribution in [0, 0.1) is 0 Å². The summed E-state index contributed by atoms with van der Waals surface area (Å²) in [6.07, 6.45) is 1.09. The van der Waals surface area contributed by atoms with Gasteiger partial charge < -0.3 is 19.2 Å².